The Bertz CT molecular complexity index is 1950. The third kappa shape index (κ3) is 14.8. The van der Waals surface area contributed by atoms with Crippen molar-refractivity contribution in [3.8, 4) is 0 Å². The van der Waals surface area contributed by atoms with Gasteiger partial charge in [-0.3, -0.25) is 33.6 Å². The molecule has 2 aromatic carbocycles. The molecular weight excluding hydrogens is 770 g/mol. The third-order valence-electron chi connectivity index (χ3n) is 9.05. The predicted octanol–water partition coefficient (Wildman–Crippen LogP) is -2.80. The van der Waals surface area contributed by atoms with E-state index in [2.05, 4.69) is 36.9 Å². The Kier molecular flexibility index (Phi) is 17.9. The number of carboxylic acid groups (broad SMARTS) is 1. The number of carboxylic acids is 1. The van der Waals surface area contributed by atoms with Crippen molar-refractivity contribution in [2.24, 2.45) is 17.4 Å². The molecule has 3 aromatic rings. The highest BCUT2D eigenvalue weighted by Gasteiger charge is 2.34. The highest BCUT2D eigenvalue weighted by atomic mass is 16.4. The Hall–Kier alpha value is -6.38. The van der Waals surface area contributed by atoms with Gasteiger partial charge in [-0.15, -0.1) is 0 Å². The Balaban J connectivity index is 1.68. The molecule has 0 aliphatic heterocycles. The van der Waals surface area contributed by atoms with Gasteiger partial charge in [0.2, 0.25) is 41.4 Å². The van der Waals surface area contributed by atoms with E-state index < -0.39 is 109 Å². The number of H-pyrrole nitrogens is 1. The van der Waals surface area contributed by atoms with Crippen LogP contribution >= 0.6 is 0 Å². The molecule has 59 heavy (non-hydrogen) atoms. The van der Waals surface area contributed by atoms with Crippen molar-refractivity contribution in [3.05, 3.63) is 71.9 Å². The largest absolute Gasteiger partial charge is 0.480 e. The summed E-state index contributed by atoms with van der Waals surface area (Å²) in [5, 5.41) is 44.9. The molecule has 0 radical (unpaired) electrons. The standard InChI is InChI=1S/C39H53N9O11/c1-20(2)13-25(40)34(53)45-28(16-31(41)51)36(55)46-27(14-22-9-5-4-6-10-22)35(54)47-30(19-49)37(56)48-33(21(3)50)38(57)43-18-32(52)44-29(39(58)59)15-23-17-42-26-12-8-7-11-24(23)26/h4-12,17,20-21,25,27-30,33,42,49-50H,13-16,18-19,40H2,1-3H3,(H2,41,51)(H,43,57)(H,44,52)(H,45,53)(H,46,55)(H,47,54)(H,48,56)(H,58,59)/t21-,25+,27+,28+,29+,30+,33+/m1/s1. The number of benzene rings is 2. The van der Waals surface area contributed by atoms with Crippen LogP contribution in [0.1, 0.15) is 44.7 Å². The number of aliphatic carboxylic acids is 1. The van der Waals surface area contributed by atoms with Gasteiger partial charge >= 0.3 is 5.97 Å². The summed E-state index contributed by atoms with van der Waals surface area (Å²) in [5.41, 5.74) is 13.2. The number of amides is 7. The summed E-state index contributed by atoms with van der Waals surface area (Å²) in [6.45, 7) is 3.07. The summed E-state index contributed by atoms with van der Waals surface area (Å²) >= 11 is 0. The number of aliphatic hydroxyl groups excluding tert-OH is 2. The number of nitrogens with two attached hydrogens (primary N) is 2. The van der Waals surface area contributed by atoms with Gasteiger partial charge in [0.25, 0.3) is 0 Å². The fourth-order valence-corrected chi connectivity index (χ4v) is 6.00. The smallest absolute Gasteiger partial charge is 0.326 e. The fraction of sp³-hybridized carbons (Fsp3) is 0.436. The molecule has 1 aromatic heterocycles. The number of fused-ring (bicyclic) bond motifs is 1. The van der Waals surface area contributed by atoms with E-state index in [1.807, 2.05) is 13.8 Å². The molecule has 0 unspecified atom stereocenters. The zero-order chi connectivity index (χ0) is 43.8. The monoisotopic (exact) mass is 823 g/mol. The minimum absolute atomic E-state index is 0.0348. The van der Waals surface area contributed by atoms with Gasteiger partial charge in [0, 0.05) is 29.9 Å². The van der Waals surface area contributed by atoms with E-state index in [1.54, 1.807) is 60.8 Å². The Morgan fingerprint density at radius 3 is 1.92 bits per heavy atom. The van der Waals surface area contributed by atoms with Crippen LogP contribution in [-0.2, 0) is 51.2 Å². The second-order valence-electron chi connectivity index (χ2n) is 14.4. The predicted molar refractivity (Wildman–Crippen MR) is 212 cm³/mol. The fourth-order valence-electron chi connectivity index (χ4n) is 6.00. The average molecular weight is 824 g/mol. The van der Waals surface area contributed by atoms with E-state index in [0.29, 0.717) is 11.1 Å². The lowest BCUT2D eigenvalue weighted by Crippen LogP contribution is -2.61. The van der Waals surface area contributed by atoms with Crippen LogP contribution in [0.15, 0.2) is 60.8 Å². The highest BCUT2D eigenvalue weighted by Crippen LogP contribution is 2.19. The van der Waals surface area contributed by atoms with Gasteiger partial charge < -0.3 is 63.7 Å². The first-order chi connectivity index (χ1) is 27.9. The molecule has 0 aliphatic carbocycles. The number of para-hydroxylation sites is 1. The van der Waals surface area contributed by atoms with Gasteiger partial charge in [-0.05, 0) is 36.5 Å². The molecule has 14 N–H and O–H groups in total. The summed E-state index contributed by atoms with van der Waals surface area (Å²) in [6, 6.07) is 6.70. The molecule has 0 aliphatic rings. The van der Waals surface area contributed by atoms with Crippen LogP contribution in [0.3, 0.4) is 0 Å². The number of rotatable bonds is 23. The molecule has 0 spiro atoms. The van der Waals surface area contributed by atoms with E-state index in [9.17, 15) is 53.7 Å². The van der Waals surface area contributed by atoms with E-state index >= 15 is 0 Å². The molecule has 0 saturated carbocycles. The molecule has 0 saturated heterocycles. The molecule has 7 atom stereocenters. The van der Waals surface area contributed by atoms with Crippen molar-refractivity contribution in [1.82, 2.24) is 36.9 Å². The van der Waals surface area contributed by atoms with Crippen LogP contribution < -0.4 is 43.4 Å². The number of hydrogen-bond donors (Lipinski definition) is 12. The van der Waals surface area contributed by atoms with Crippen molar-refractivity contribution in [1.29, 1.82) is 0 Å². The molecule has 0 fully saturated rings. The van der Waals surface area contributed by atoms with Crippen LogP contribution in [0.4, 0.5) is 0 Å². The van der Waals surface area contributed by atoms with Crippen molar-refractivity contribution in [2.75, 3.05) is 13.2 Å². The lowest BCUT2D eigenvalue weighted by molar-refractivity contribution is -0.141. The maximum absolute atomic E-state index is 13.7. The molecule has 7 amide bonds. The lowest BCUT2D eigenvalue weighted by Gasteiger charge is -2.27. The minimum Gasteiger partial charge on any atom is -0.480 e. The first-order valence-corrected chi connectivity index (χ1v) is 18.8. The molecular formula is C39H53N9O11. The highest BCUT2D eigenvalue weighted by molar-refractivity contribution is 5.98. The lowest BCUT2D eigenvalue weighted by atomic mass is 10.0. The normalized spacial score (nSPS) is 14.7. The molecule has 1 heterocycles. The van der Waals surface area contributed by atoms with E-state index in [4.69, 9.17) is 11.5 Å². The number of nitrogens with one attached hydrogen (secondary N) is 7. The second kappa shape index (κ2) is 22.5. The molecule has 20 nitrogen and oxygen atoms in total. The van der Waals surface area contributed by atoms with Crippen LogP contribution in [0.25, 0.3) is 10.9 Å². The van der Waals surface area contributed by atoms with E-state index in [1.165, 1.54) is 0 Å². The zero-order valence-corrected chi connectivity index (χ0v) is 32.9. The molecule has 3 rings (SSSR count). The van der Waals surface area contributed by atoms with Crippen molar-refractivity contribution in [2.45, 2.75) is 88.8 Å². The summed E-state index contributed by atoms with van der Waals surface area (Å²) in [6.07, 6.45) is -0.541. The zero-order valence-electron chi connectivity index (χ0n) is 32.9. The SMILES string of the molecule is CC(C)C[C@H](N)C(=O)N[C@@H](CC(N)=O)C(=O)N[C@@H](Cc1ccccc1)C(=O)N[C@@H](CO)C(=O)N[C@H](C(=O)NCC(=O)N[C@@H](Cc1c[nH]c2ccccc12)C(=O)O)[C@@H](C)O. The van der Waals surface area contributed by atoms with Gasteiger partial charge in [-0.2, -0.15) is 0 Å². The molecule has 0 bridgehead atoms. The summed E-state index contributed by atoms with van der Waals surface area (Å²) in [4.78, 5) is 106. The van der Waals surface area contributed by atoms with Gasteiger partial charge in [-0.1, -0.05) is 62.4 Å². The number of aromatic amines is 1. The summed E-state index contributed by atoms with van der Waals surface area (Å²) in [5.74, 6) is -8.01. The number of aromatic nitrogens is 1. The number of aliphatic hydroxyl groups is 2. The third-order valence-corrected chi connectivity index (χ3v) is 9.05. The van der Waals surface area contributed by atoms with Gasteiger partial charge in [-0.25, -0.2) is 4.79 Å². The molecule has 320 valence electrons. The van der Waals surface area contributed by atoms with E-state index in [0.717, 1.165) is 17.8 Å². The number of primary amides is 1. The Labute approximate surface area is 339 Å². The first kappa shape index (κ1) is 47.0. The quantitative estimate of drug-likeness (QED) is 0.0462. The van der Waals surface area contributed by atoms with E-state index in [-0.39, 0.29) is 25.2 Å². The number of carbonyl (C=O) groups is 8. The van der Waals surface area contributed by atoms with Gasteiger partial charge in [0.15, 0.2) is 0 Å². The van der Waals surface area contributed by atoms with Crippen LogP contribution in [0.5, 0.6) is 0 Å². The Morgan fingerprint density at radius 1 is 0.712 bits per heavy atom. The first-order valence-electron chi connectivity index (χ1n) is 18.8. The van der Waals surface area contributed by atoms with Gasteiger partial charge in [0.1, 0.15) is 30.2 Å². The van der Waals surface area contributed by atoms with Crippen LogP contribution in [0.2, 0.25) is 0 Å². The van der Waals surface area contributed by atoms with Crippen LogP contribution in [0, 0.1) is 5.92 Å². The maximum atomic E-state index is 13.7. The maximum Gasteiger partial charge on any atom is 0.326 e. The topological polar surface area (TPSA) is 337 Å². The van der Waals surface area contributed by atoms with Crippen molar-refractivity contribution in [3.63, 3.8) is 0 Å². The summed E-state index contributed by atoms with van der Waals surface area (Å²) < 4.78 is 0. The minimum atomic E-state index is -1.74. The van der Waals surface area contributed by atoms with Crippen molar-refractivity contribution >= 4 is 58.2 Å². The Morgan fingerprint density at radius 2 is 1.31 bits per heavy atom. The number of carbonyl (C=O) groups excluding carboxylic acids is 7. The second-order valence-corrected chi connectivity index (χ2v) is 14.4. The van der Waals surface area contributed by atoms with Crippen LogP contribution in [-0.4, -0.2) is 123 Å². The summed E-state index contributed by atoms with van der Waals surface area (Å²) in [7, 11) is 0. The average Bonchev–Trinajstić information content (AvgIpc) is 3.59. The van der Waals surface area contributed by atoms with Gasteiger partial charge in [0.05, 0.1) is 31.7 Å². The molecule has 20 heteroatoms. The number of hydrogen-bond acceptors (Lipinski definition) is 11. The van der Waals surface area contributed by atoms with Crippen molar-refractivity contribution < 1.29 is 53.7 Å².